The van der Waals surface area contributed by atoms with E-state index in [1.807, 2.05) is 6.92 Å². The lowest BCUT2D eigenvalue weighted by molar-refractivity contribution is -0.140. The molecule has 0 radical (unpaired) electrons. The minimum absolute atomic E-state index is 0.0190. The van der Waals surface area contributed by atoms with Crippen molar-refractivity contribution in [2.45, 2.75) is 26.3 Å². The molecule has 0 spiro atoms. The summed E-state index contributed by atoms with van der Waals surface area (Å²) in [6.07, 6.45) is 2.64. The third-order valence-corrected chi connectivity index (χ3v) is 5.28. The van der Waals surface area contributed by atoms with E-state index in [1.165, 1.54) is 25.5 Å². The van der Waals surface area contributed by atoms with Crippen molar-refractivity contribution in [3.8, 4) is 0 Å². The first-order chi connectivity index (χ1) is 9.39. The van der Waals surface area contributed by atoms with Crippen LogP contribution >= 0.6 is 11.3 Å². The molecule has 1 heterocycles. The van der Waals surface area contributed by atoms with Crippen LogP contribution in [0.25, 0.3) is 0 Å². The SMILES string of the molecule is CCc1cnc(CNS(=O)(=O)N(C)CCC(=O)OC)s1. The number of nitrogens with one attached hydrogen (secondary N) is 1. The van der Waals surface area contributed by atoms with E-state index in [0.717, 1.165) is 15.6 Å². The number of aryl methyl sites for hydroxylation is 1. The van der Waals surface area contributed by atoms with Crippen molar-refractivity contribution < 1.29 is 17.9 Å². The second kappa shape index (κ2) is 7.67. The van der Waals surface area contributed by atoms with Crippen LogP contribution in [0.4, 0.5) is 0 Å². The molecule has 9 heteroatoms. The zero-order valence-electron chi connectivity index (χ0n) is 11.7. The van der Waals surface area contributed by atoms with Crippen LogP contribution in [-0.4, -0.2) is 44.4 Å². The zero-order valence-corrected chi connectivity index (χ0v) is 13.4. The number of aromatic nitrogens is 1. The van der Waals surface area contributed by atoms with E-state index >= 15 is 0 Å². The van der Waals surface area contributed by atoms with Crippen molar-refractivity contribution in [3.05, 3.63) is 16.1 Å². The quantitative estimate of drug-likeness (QED) is 0.706. The number of thiazole rings is 1. The number of ether oxygens (including phenoxy) is 1. The Hall–Kier alpha value is -1.03. The Bertz CT molecular complexity index is 542. The average molecular weight is 321 g/mol. The monoisotopic (exact) mass is 321 g/mol. The molecule has 0 aliphatic heterocycles. The van der Waals surface area contributed by atoms with Gasteiger partial charge < -0.3 is 4.74 Å². The van der Waals surface area contributed by atoms with E-state index in [1.54, 1.807) is 6.20 Å². The van der Waals surface area contributed by atoms with Gasteiger partial charge in [0.2, 0.25) is 0 Å². The fraction of sp³-hybridized carbons (Fsp3) is 0.636. The summed E-state index contributed by atoms with van der Waals surface area (Å²) >= 11 is 1.48. The second-order valence-electron chi connectivity index (χ2n) is 4.05. The molecule has 1 rings (SSSR count). The second-order valence-corrected chi connectivity index (χ2v) is 7.11. The molecule has 1 aromatic heterocycles. The Balaban J connectivity index is 2.49. The average Bonchev–Trinajstić information content (AvgIpc) is 2.90. The molecular formula is C11H19N3O4S2. The maximum atomic E-state index is 11.9. The van der Waals surface area contributed by atoms with Crippen LogP contribution in [0.15, 0.2) is 6.20 Å². The van der Waals surface area contributed by atoms with Crippen LogP contribution in [0.3, 0.4) is 0 Å². The summed E-state index contributed by atoms with van der Waals surface area (Å²) in [6.45, 7) is 2.23. The number of hydrogen-bond donors (Lipinski definition) is 1. The van der Waals surface area contributed by atoms with Gasteiger partial charge in [-0.3, -0.25) is 4.79 Å². The largest absolute Gasteiger partial charge is 0.469 e. The molecule has 20 heavy (non-hydrogen) atoms. The maximum Gasteiger partial charge on any atom is 0.306 e. The lowest BCUT2D eigenvalue weighted by Gasteiger charge is -2.16. The minimum Gasteiger partial charge on any atom is -0.469 e. The van der Waals surface area contributed by atoms with E-state index in [4.69, 9.17) is 0 Å². The van der Waals surface area contributed by atoms with Gasteiger partial charge in [-0.2, -0.15) is 17.4 Å². The van der Waals surface area contributed by atoms with Gasteiger partial charge >= 0.3 is 5.97 Å². The molecule has 0 aromatic carbocycles. The topological polar surface area (TPSA) is 88.6 Å². The number of nitrogens with zero attached hydrogens (tertiary/aromatic N) is 2. The molecule has 114 valence electrons. The number of methoxy groups -OCH3 is 1. The molecular weight excluding hydrogens is 302 g/mol. The predicted molar refractivity (Wildman–Crippen MR) is 76.5 cm³/mol. The Kier molecular flexibility index (Phi) is 6.53. The van der Waals surface area contributed by atoms with Crippen LogP contribution in [-0.2, 0) is 32.7 Å². The Morgan fingerprint density at radius 3 is 2.80 bits per heavy atom. The van der Waals surface area contributed by atoms with E-state index < -0.39 is 16.2 Å². The molecule has 0 unspecified atom stereocenters. The van der Waals surface area contributed by atoms with Crippen molar-refractivity contribution >= 4 is 27.5 Å². The van der Waals surface area contributed by atoms with Gasteiger partial charge in [0.1, 0.15) is 5.01 Å². The van der Waals surface area contributed by atoms with E-state index in [9.17, 15) is 13.2 Å². The first kappa shape index (κ1) is 17.0. The van der Waals surface area contributed by atoms with Gasteiger partial charge in [0.15, 0.2) is 0 Å². The molecule has 0 fully saturated rings. The highest BCUT2D eigenvalue weighted by Crippen LogP contribution is 2.13. The molecule has 0 aliphatic rings. The summed E-state index contributed by atoms with van der Waals surface area (Å²) < 4.78 is 31.8. The molecule has 0 bridgehead atoms. The molecule has 0 saturated heterocycles. The molecule has 7 nitrogen and oxygen atoms in total. The standard InChI is InChI=1S/C11H19N3O4S2/c1-4-9-7-12-10(19-9)8-13-20(16,17)14(2)6-5-11(15)18-3/h7,13H,4-6,8H2,1-3H3. The highest BCUT2D eigenvalue weighted by atomic mass is 32.2. The fourth-order valence-electron chi connectivity index (χ4n) is 1.33. The summed E-state index contributed by atoms with van der Waals surface area (Å²) in [7, 11) is -0.944. The molecule has 0 atom stereocenters. The molecule has 0 aliphatic carbocycles. The van der Waals surface area contributed by atoms with E-state index in [-0.39, 0.29) is 19.5 Å². The highest BCUT2D eigenvalue weighted by Gasteiger charge is 2.18. The first-order valence-corrected chi connectivity index (χ1v) is 8.36. The number of carbonyl (C=O) groups is 1. The van der Waals surface area contributed by atoms with Crippen LogP contribution in [0.5, 0.6) is 0 Å². The summed E-state index contributed by atoms with van der Waals surface area (Å²) in [6, 6.07) is 0. The van der Waals surface area contributed by atoms with E-state index in [0.29, 0.717) is 5.01 Å². The van der Waals surface area contributed by atoms with Crippen molar-refractivity contribution in [2.24, 2.45) is 0 Å². The summed E-state index contributed by atoms with van der Waals surface area (Å²) in [5, 5.41) is 0.715. The smallest absolute Gasteiger partial charge is 0.306 e. The predicted octanol–water partition coefficient (Wildman–Crippen LogP) is 0.535. The fourth-order valence-corrected chi connectivity index (χ4v) is 3.09. The Labute approximate surface area is 123 Å². The number of esters is 1. The van der Waals surface area contributed by atoms with Gasteiger partial charge in [0.05, 0.1) is 20.1 Å². The summed E-state index contributed by atoms with van der Waals surface area (Å²) in [4.78, 5) is 16.2. The summed E-state index contributed by atoms with van der Waals surface area (Å²) in [5.74, 6) is -0.445. The lowest BCUT2D eigenvalue weighted by Crippen LogP contribution is -2.38. The van der Waals surface area contributed by atoms with Crippen LogP contribution in [0.2, 0.25) is 0 Å². The zero-order chi connectivity index (χ0) is 15.2. The molecule has 1 N–H and O–H groups in total. The van der Waals surface area contributed by atoms with Gasteiger partial charge in [-0.05, 0) is 6.42 Å². The molecule has 0 amide bonds. The number of rotatable bonds is 8. The van der Waals surface area contributed by atoms with E-state index in [2.05, 4.69) is 14.4 Å². The Morgan fingerprint density at radius 2 is 2.25 bits per heavy atom. The highest BCUT2D eigenvalue weighted by molar-refractivity contribution is 7.87. The van der Waals surface area contributed by atoms with Crippen molar-refractivity contribution in [2.75, 3.05) is 20.7 Å². The van der Waals surface area contributed by atoms with Crippen molar-refractivity contribution in [1.29, 1.82) is 0 Å². The maximum absolute atomic E-state index is 11.9. The van der Waals surface area contributed by atoms with Crippen LogP contribution < -0.4 is 4.72 Å². The third-order valence-electron chi connectivity index (χ3n) is 2.62. The van der Waals surface area contributed by atoms with Gasteiger partial charge in [-0.25, -0.2) is 4.98 Å². The van der Waals surface area contributed by atoms with Gasteiger partial charge in [-0.1, -0.05) is 6.92 Å². The summed E-state index contributed by atoms with van der Waals surface area (Å²) in [5.41, 5.74) is 0. The van der Waals surface area contributed by atoms with Crippen LogP contribution in [0.1, 0.15) is 23.2 Å². The first-order valence-electron chi connectivity index (χ1n) is 6.10. The van der Waals surface area contributed by atoms with Gasteiger partial charge in [0.25, 0.3) is 10.2 Å². The normalized spacial score (nSPS) is 11.8. The van der Waals surface area contributed by atoms with Gasteiger partial charge in [-0.15, -0.1) is 11.3 Å². The molecule has 0 saturated carbocycles. The number of hydrogen-bond acceptors (Lipinski definition) is 6. The number of carbonyl (C=O) groups excluding carboxylic acids is 1. The van der Waals surface area contributed by atoms with Crippen molar-refractivity contribution in [3.63, 3.8) is 0 Å². The molecule has 1 aromatic rings. The minimum atomic E-state index is -3.62. The Morgan fingerprint density at radius 1 is 1.55 bits per heavy atom. The van der Waals surface area contributed by atoms with Crippen molar-refractivity contribution in [1.82, 2.24) is 14.0 Å². The van der Waals surface area contributed by atoms with Crippen LogP contribution in [0, 0.1) is 0 Å². The third kappa shape index (κ3) is 5.16. The lowest BCUT2D eigenvalue weighted by atomic mass is 10.4. The van der Waals surface area contributed by atoms with Gasteiger partial charge in [0, 0.05) is 24.7 Å².